The number of nitrogens with zero attached hydrogens (tertiary/aromatic N) is 1. The molecule has 2 amide bonds. The van der Waals surface area contributed by atoms with Crippen molar-refractivity contribution in [2.45, 2.75) is 45.8 Å². The van der Waals surface area contributed by atoms with Crippen LogP contribution in [0.15, 0.2) is 78.0 Å². The van der Waals surface area contributed by atoms with Gasteiger partial charge in [0.1, 0.15) is 23.8 Å². The summed E-state index contributed by atoms with van der Waals surface area (Å²) >= 11 is 6.89. The van der Waals surface area contributed by atoms with Crippen molar-refractivity contribution in [3.8, 4) is 11.5 Å². The number of ketones is 1. The van der Waals surface area contributed by atoms with Gasteiger partial charge in [-0.1, -0.05) is 67.9 Å². The molecule has 1 aliphatic carbocycles. The number of allylic oxidation sites excluding steroid dienone is 1. The Hall–Kier alpha value is -4.50. The summed E-state index contributed by atoms with van der Waals surface area (Å²) in [6, 6.07) is 17.9. The summed E-state index contributed by atoms with van der Waals surface area (Å²) in [4.78, 5) is 40.2. The maximum Gasteiger partial charge on any atom is 0.322 e. The number of fused-ring (bicyclic) bond motifs is 1. The van der Waals surface area contributed by atoms with E-state index < -0.39 is 18.0 Å². The lowest BCUT2D eigenvalue weighted by Gasteiger charge is -2.37. The van der Waals surface area contributed by atoms with Crippen molar-refractivity contribution in [2.24, 2.45) is 5.41 Å². The van der Waals surface area contributed by atoms with Crippen LogP contribution in [-0.2, 0) is 16.2 Å². The molecule has 2 aliphatic rings. The molecule has 1 unspecified atom stereocenters. The number of rotatable bonds is 7. The Balaban J connectivity index is 1.63. The zero-order valence-electron chi connectivity index (χ0n) is 23.3. The minimum absolute atomic E-state index is 0.102. The molecule has 0 spiro atoms. The summed E-state index contributed by atoms with van der Waals surface area (Å²) in [5.41, 5.74) is 2.63. The summed E-state index contributed by atoms with van der Waals surface area (Å²) < 4.78 is 5.96. The highest BCUT2D eigenvalue weighted by molar-refractivity contribution is 6.31. The average Bonchev–Trinajstić information content (AvgIpc) is 3.07. The predicted octanol–water partition coefficient (Wildman–Crippen LogP) is 6.43. The summed E-state index contributed by atoms with van der Waals surface area (Å²) in [6.45, 7) is 4.18. The van der Waals surface area contributed by atoms with Gasteiger partial charge in [-0.2, -0.15) is 0 Å². The molecule has 218 valence electrons. The number of para-hydroxylation sites is 1. The zero-order valence-corrected chi connectivity index (χ0v) is 24.1. The quantitative estimate of drug-likeness (QED) is 0.234. The van der Waals surface area contributed by atoms with Gasteiger partial charge < -0.3 is 25.6 Å². The fraction of sp³-hybridized carbons (Fsp3) is 0.281. The van der Waals surface area contributed by atoms with Gasteiger partial charge in [0.25, 0.3) is 0 Å². The minimum atomic E-state index is -1.06. The van der Waals surface area contributed by atoms with Crippen LogP contribution in [0.3, 0.4) is 0 Å². The Labute approximate surface area is 248 Å². The van der Waals surface area contributed by atoms with Gasteiger partial charge in [-0.25, -0.2) is 4.79 Å². The molecule has 0 saturated heterocycles. The fourth-order valence-corrected chi connectivity index (χ4v) is 5.76. The third kappa shape index (κ3) is 6.06. The highest BCUT2D eigenvalue weighted by atomic mass is 35.5. The van der Waals surface area contributed by atoms with Gasteiger partial charge >= 0.3 is 12.0 Å². The number of urea groups is 1. The summed E-state index contributed by atoms with van der Waals surface area (Å²) in [5, 5.41) is 26.2. The van der Waals surface area contributed by atoms with Crippen molar-refractivity contribution in [3.63, 3.8) is 0 Å². The van der Waals surface area contributed by atoms with Crippen molar-refractivity contribution in [2.75, 3.05) is 16.8 Å². The lowest BCUT2D eigenvalue weighted by atomic mass is 9.73. The van der Waals surface area contributed by atoms with Gasteiger partial charge in [-0.15, -0.1) is 0 Å². The molecule has 5 rings (SSSR count). The largest absolute Gasteiger partial charge is 0.506 e. The van der Waals surface area contributed by atoms with E-state index in [2.05, 4.69) is 10.6 Å². The van der Waals surface area contributed by atoms with E-state index in [1.807, 2.05) is 44.2 Å². The Bertz CT molecular complexity index is 1570. The number of halogens is 1. The molecule has 0 saturated carbocycles. The Morgan fingerprint density at radius 3 is 2.57 bits per heavy atom. The van der Waals surface area contributed by atoms with Gasteiger partial charge in [-0.05, 0) is 47.2 Å². The number of ether oxygens (including phenoxy) is 1. The maximum absolute atomic E-state index is 13.9. The maximum atomic E-state index is 13.9. The van der Waals surface area contributed by atoms with E-state index in [0.29, 0.717) is 41.3 Å². The first kappa shape index (κ1) is 29.0. The van der Waals surface area contributed by atoms with Gasteiger partial charge in [0.05, 0.1) is 18.2 Å². The molecule has 0 bridgehead atoms. The van der Waals surface area contributed by atoms with Crippen LogP contribution in [0.25, 0.3) is 0 Å². The molecule has 1 heterocycles. The number of carbonyl (C=O) groups excluding carboxylic acids is 2. The van der Waals surface area contributed by atoms with Crippen molar-refractivity contribution in [3.05, 3.63) is 94.1 Å². The summed E-state index contributed by atoms with van der Waals surface area (Å²) in [5.74, 6) is -0.809. The predicted molar refractivity (Wildman–Crippen MR) is 160 cm³/mol. The number of phenols is 1. The second kappa shape index (κ2) is 11.8. The molecule has 9 nitrogen and oxygen atoms in total. The number of hydrogen-bond acceptors (Lipinski definition) is 6. The standard InChI is InChI=1S/C32H32ClN3O6/c1-32(2)16-23-28(26(38)17-32)30(21-12-11-20(15-22(21)33)42-18-19-7-4-3-5-8-19)36(31(41)34-14-13-27(39)40)24-9-6-10-25(37)29(24)35-23/h3-12,15,30,35,37H,13-14,16-18H2,1-2H3,(H,34,41)(H,39,40). The van der Waals surface area contributed by atoms with Crippen LogP contribution in [0.1, 0.15) is 50.3 Å². The number of aromatic hydroxyl groups is 1. The van der Waals surface area contributed by atoms with Crippen LogP contribution < -0.4 is 20.3 Å². The lowest BCUT2D eigenvalue weighted by molar-refractivity contribution is -0.136. The van der Waals surface area contributed by atoms with Crippen molar-refractivity contribution >= 4 is 40.8 Å². The van der Waals surface area contributed by atoms with Crippen LogP contribution in [-0.4, -0.2) is 34.5 Å². The molecule has 3 aromatic rings. The van der Waals surface area contributed by atoms with Gasteiger partial charge in [0, 0.05) is 29.3 Å². The molecule has 10 heteroatoms. The molecule has 1 atom stereocenters. The van der Waals surface area contributed by atoms with Crippen LogP contribution in [0, 0.1) is 5.41 Å². The molecule has 1 aliphatic heterocycles. The number of hydrogen-bond donors (Lipinski definition) is 4. The molecule has 0 fully saturated rings. The third-order valence-electron chi connectivity index (χ3n) is 7.36. The molecule has 0 radical (unpaired) electrons. The highest BCUT2D eigenvalue weighted by Gasteiger charge is 2.44. The van der Waals surface area contributed by atoms with Crippen molar-refractivity contribution < 1.29 is 29.3 Å². The van der Waals surface area contributed by atoms with Gasteiger partial charge in [0.15, 0.2) is 5.78 Å². The van der Waals surface area contributed by atoms with E-state index in [0.717, 1.165) is 5.56 Å². The van der Waals surface area contributed by atoms with Crippen molar-refractivity contribution in [1.82, 2.24) is 5.32 Å². The highest BCUT2D eigenvalue weighted by Crippen LogP contribution is 2.51. The first-order chi connectivity index (χ1) is 20.0. The van der Waals surface area contributed by atoms with Crippen LogP contribution in [0.4, 0.5) is 16.2 Å². The van der Waals surface area contributed by atoms with Gasteiger partial charge in [-0.3, -0.25) is 14.5 Å². The Morgan fingerprint density at radius 2 is 1.86 bits per heavy atom. The molecular formula is C32H32ClN3O6. The van der Waals surface area contributed by atoms with Crippen LogP contribution in [0.5, 0.6) is 11.5 Å². The van der Waals surface area contributed by atoms with E-state index >= 15 is 0 Å². The normalized spacial score (nSPS) is 17.5. The number of phenolic OH excluding ortho intramolecular Hbond substituents is 1. The average molecular weight is 590 g/mol. The number of amides is 2. The first-order valence-corrected chi connectivity index (χ1v) is 14.0. The van der Waals surface area contributed by atoms with Crippen LogP contribution in [0.2, 0.25) is 5.02 Å². The zero-order chi connectivity index (χ0) is 30.0. The van der Waals surface area contributed by atoms with E-state index in [9.17, 15) is 19.5 Å². The van der Waals surface area contributed by atoms with Crippen molar-refractivity contribution in [1.29, 1.82) is 0 Å². The topological polar surface area (TPSA) is 128 Å². The molecule has 3 aromatic carbocycles. The Kier molecular flexibility index (Phi) is 8.13. The second-order valence-corrected chi connectivity index (χ2v) is 11.6. The molecule has 42 heavy (non-hydrogen) atoms. The first-order valence-electron chi connectivity index (χ1n) is 13.6. The number of anilines is 2. The molecule has 0 aromatic heterocycles. The van der Waals surface area contributed by atoms with E-state index in [1.54, 1.807) is 30.3 Å². The smallest absolute Gasteiger partial charge is 0.322 e. The van der Waals surface area contributed by atoms with Crippen LogP contribution >= 0.6 is 11.6 Å². The number of nitrogens with one attached hydrogen (secondary N) is 2. The summed E-state index contributed by atoms with van der Waals surface area (Å²) in [7, 11) is 0. The molecule has 4 N–H and O–H groups in total. The van der Waals surface area contributed by atoms with E-state index in [-0.39, 0.29) is 47.0 Å². The summed E-state index contributed by atoms with van der Waals surface area (Å²) in [6.07, 6.45) is 0.448. The molecular weight excluding hydrogens is 558 g/mol. The third-order valence-corrected chi connectivity index (χ3v) is 7.68. The van der Waals surface area contributed by atoms with Gasteiger partial charge in [0.2, 0.25) is 0 Å². The fourth-order valence-electron chi connectivity index (χ4n) is 5.48. The minimum Gasteiger partial charge on any atom is -0.506 e. The lowest BCUT2D eigenvalue weighted by Crippen LogP contribution is -2.45. The SMILES string of the molecule is CC1(C)CC(=O)C2=C(C1)Nc1c(O)cccc1N(C(=O)NCCC(=O)O)C2c1ccc(OCc2ccccc2)cc1Cl. The Morgan fingerprint density at radius 1 is 1.10 bits per heavy atom. The number of carboxylic acid groups (broad SMARTS) is 1. The van der Waals surface area contributed by atoms with E-state index in [1.165, 1.54) is 11.0 Å². The van der Waals surface area contributed by atoms with E-state index in [4.69, 9.17) is 21.4 Å². The number of Topliss-reactive ketones (excluding diaryl/α,β-unsaturated/α-hetero) is 1. The number of carboxylic acids is 1. The number of carbonyl (C=O) groups is 3. The number of benzene rings is 3. The second-order valence-electron chi connectivity index (χ2n) is 11.2. The number of aliphatic carboxylic acids is 1. The monoisotopic (exact) mass is 589 g/mol.